The van der Waals surface area contributed by atoms with E-state index in [1.807, 2.05) is 22.8 Å². The second-order valence-corrected chi connectivity index (χ2v) is 5.66. The lowest BCUT2D eigenvalue weighted by Crippen LogP contribution is -1.93. The Morgan fingerprint density at radius 3 is 2.57 bits per heavy atom. The first-order valence-corrected chi connectivity index (χ1v) is 7.19. The highest BCUT2D eigenvalue weighted by Gasteiger charge is 2.10. The van der Waals surface area contributed by atoms with Crippen molar-refractivity contribution in [3.8, 4) is 5.69 Å². The molecule has 0 saturated carbocycles. The third-order valence-corrected chi connectivity index (χ3v) is 3.93. The molecule has 0 aliphatic rings. The van der Waals surface area contributed by atoms with E-state index < -0.39 is 0 Å². The zero-order valence-electron chi connectivity index (χ0n) is 10.8. The van der Waals surface area contributed by atoms with Crippen molar-refractivity contribution in [3.63, 3.8) is 0 Å². The number of pyridine rings is 1. The minimum absolute atomic E-state index is 0.252. The molecule has 102 valence electrons. The molecule has 0 N–H and O–H groups in total. The fraction of sp³-hybridized carbons (Fsp3) is 0. The number of imidazole rings is 1. The van der Waals surface area contributed by atoms with Gasteiger partial charge in [0.25, 0.3) is 0 Å². The van der Waals surface area contributed by atoms with Crippen LogP contribution < -0.4 is 0 Å². The van der Waals surface area contributed by atoms with Gasteiger partial charge in [-0.15, -0.1) is 0 Å². The van der Waals surface area contributed by atoms with E-state index >= 15 is 0 Å². The van der Waals surface area contributed by atoms with Crippen LogP contribution in [0.5, 0.6) is 0 Å². The molecule has 0 aliphatic heterocycles. The van der Waals surface area contributed by atoms with Gasteiger partial charge in [-0.3, -0.25) is 9.55 Å². The molecule has 2 aromatic carbocycles. The molecule has 2 heterocycles. The molecule has 2 aromatic heterocycles. The SMILES string of the molecule is Fc1ccc(-n2cnc3cnc4ccc(Br)cc4c32)cc1. The van der Waals surface area contributed by atoms with Crippen molar-refractivity contribution in [2.45, 2.75) is 0 Å². The minimum atomic E-state index is -0.252. The van der Waals surface area contributed by atoms with Gasteiger partial charge < -0.3 is 0 Å². The molecule has 0 amide bonds. The van der Waals surface area contributed by atoms with Crippen LogP contribution in [-0.4, -0.2) is 14.5 Å². The quantitative estimate of drug-likeness (QED) is 0.511. The van der Waals surface area contributed by atoms with E-state index in [0.29, 0.717) is 0 Å². The van der Waals surface area contributed by atoms with Gasteiger partial charge in [-0.2, -0.15) is 0 Å². The molecule has 0 saturated heterocycles. The molecule has 21 heavy (non-hydrogen) atoms. The van der Waals surface area contributed by atoms with E-state index in [4.69, 9.17) is 0 Å². The summed E-state index contributed by atoms with van der Waals surface area (Å²) in [6.45, 7) is 0. The maximum atomic E-state index is 13.1. The topological polar surface area (TPSA) is 30.7 Å². The number of nitrogens with zero attached hydrogens (tertiary/aromatic N) is 3. The van der Waals surface area contributed by atoms with Gasteiger partial charge in [-0.1, -0.05) is 15.9 Å². The highest BCUT2D eigenvalue weighted by Crippen LogP contribution is 2.27. The van der Waals surface area contributed by atoms with E-state index in [-0.39, 0.29) is 5.82 Å². The Morgan fingerprint density at radius 2 is 1.76 bits per heavy atom. The normalized spacial score (nSPS) is 11.3. The maximum Gasteiger partial charge on any atom is 0.123 e. The van der Waals surface area contributed by atoms with Crippen molar-refractivity contribution in [1.29, 1.82) is 0 Å². The van der Waals surface area contributed by atoms with Gasteiger partial charge in [0.15, 0.2) is 0 Å². The largest absolute Gasteiger partial charge is 0.298 e. The minimum Gasteiger partial charge on any atom is -0.298 e. The van der Waals surface area contributed by atoms with Crippen LogP contribution in [0.4, 0.5) is 4.39 Å². The number of aromatic nitrogens is 3. The van der Waals surface area contributed by atoms with Gasteiger partial charge in [-0.05, 0) is 42.5 Å². The lowest BCUT2D eigenvalue weighted by Gasteiger charge is -2.07. The number of hydrogen-bond acceptors (Lipinski definition) is 2. The Labute approximate surface area is 128 Å². The summed E-state index contributed by atoms with van der Waals surface area (Å²) in [6.07, 6.45) is 3.49. The Balaban J connectivity index is 2.10. The average molecular weight is 342 g/mol. The highest BCUT2D eigenvalue weighted by atomic mass is 79.9. The summed E-state index contributed by atoms with van der Waals surface area (Å²) in [5, 5.41) is 1.00. The van der Waals surface area contributed by atoms with Gasteiger partial charge in [0, 0.05) is 15.5 Å². The number of halogens is 2. The van der Waals surface area contributed by atoms with Gasteiger partial charge >= 0.3 is 0 Å². The first-order chi connectivity index (χ1) is 10.2. The zero-order valence-corrected chi connectivity index (χ0v) is 12.4. The van der Waals surface area contributed by atoms with Crippen LogP contribution >= 0.6 is 15.9 Å². The Kier molecular flexibility index (Phi) is 2.75. The summed E-state index contributed by atoms with van der Waals surface area (Å²) in [5.41, 5.74) is 3.54. The van der Waals surface area contributed by atoms with E-state index in [9.17, 15) is 4.39 Å². The number of fused-ring (bicyclic) bond motifs is 3. The van der Waals surface area contributed by atoms with Crippen LogP contribution in [-0.2, 0) is 0 Å². The molecule has 3 nitrogen and oxygen atoms in total. The van der Waals surface area contributed by atoms with Crippen molar-refractivity contribution in [2.75, 3.05) is 0 Å². The monoisotopic (exact) mass is 341 g/mol. The smallest absolute Gasteiger partial charge is 0.123 e. The summed E-state index contributed by atoms with van der Waals surface area (Å²) >= 11 is 3.49. The summed E-state index contributed by atoms with van der Waals surface area (Å²) < 4.78 is 16.0. The fourth-order valence-electron chi connectivity index (χ4n) is 2.46. The molecule has 0 unspecified atom stereocenters. The molecule has 0 spiro atoms. The van der Waals surface area contributed by atoms with Crippen LogP contribution in [0, 0.1) is 5.82 Å². The molecular weight excluding hydrogens is 333 g/mol. The lowest BCUT2D eigenvalue weighted by atomic mass is 10.2. The molecule has 0 radical (unpaired) electrons. The molecule has 4 aromatic rings. The summed E-state index contributed by atoms with van der Waals surface area (Å²) in [5.74, 6) is -0.252. The molecule has 0 atom stereocenters. The standard InChI is InChI=1S/C16H9BrFN3/c17-10-1-6-14-13(7-10)16-15(8-19-14)20-9-21(16)12-4-2-11(18)3-5-12/h1-9H. The van der Waals surface area contributed by atoms with E-state index in [0.717, 1.165) is 32.1 Å². The average Bonchev–Trinajstić information content (AvgIpc) is 2.92. The summed E-state index contributed by atoms with van der Waals surface area (Å²) in [6, 6.07) is 12.3. The van der Waals surface area contributed by atoms with Crippen LogP contribution in [0.3, 0.4) is 0 Å². The third-order valence-electron chi connectivity index (χ3n) is 3.44. The fourth-order valence-corrected chi connectivity index (χ4v) is 2.82. The van der Waals surface area contributed by atoms with Crippen molar-refractivity contribution >= 4 is 37.9 Å². The third kappa shape index (κ3) is 2.01. The second-order valence-electron chi connectivity index (χ2n) is 4.74. The Bertz CT molecular complexity index is 961. The molecule has 5 heteroatoms. The number of benzene rings is 2. The van der Waals surface area contributed by atoms with Crippen molar-refractivity contribution < 1.29 is 4.39 Å². The lowest BCUT2D eigenvalue weighted by molar-refractivity contribution is 0.627. The van der Waals surface area contributed by atoms with E-state index in [1.165, 1.54) is 12.1 Å². The zero-order chi connectivity index (χ0) is 14.4. The molecular formula is C16H9BrFN3. The highest BCUT2D eigenvalue weighted by molar-refractivity contribution is 9.10. The first-order valence-electron chi connectivity index (χ1n) is 6.40. The van der Waals surface area contributed by atoms with Crippen molar-refractivity contribution in [3.05, 3.63) is 65.3 Å². The molecule has 0 aliphatic carbocycles. The first kappa shape index (κ1) is 12.5. The van der Waals surface area contributed by atoms with E-state index in [1.54, 1.807) is 24.7 Å². The van der Waals surface area contributed by atoms with Crippen LogP contribution in [0.2, 0.25) is 0 Å². The Morgan fingerprint density at radius 1 is 0.952 bits per heavy atom. The van der Waals surface area contributed by atoms with Crippen LogP contribution in [0.25, 0.3) is 27.6 Å². The van der Waals surface area contributed by atoms with E-state index in [2.05, 4.69) is 25.9 Å². The van der Waals surface area contributed by atoms with Crippen molar-refractivity contribution in [1.82, 2.24) is 14.5 Å². The maximum absolute atomic E-state index is 13.1. The van der Waals surface area contributed by atoms with Gasteiger partial charge in [0.1, 0.15) is 17.7 Å². The number of hydrogen-bond donors (Lipinski definition) is 0. The summed E-state index contributed by atoms with van der Waals surface area (Å²) in [4.78, 5) is 8.80. The predicted molar refractivity (Wildman–Crippen MR) is 84.0 cm³/mol. The molecule has 0 bridgehead atoms. The predicted octanol–water partition coefficient (Wildman–Crippen LogP) is 4.48. The Hall–Kier alpha value is -2.27. The molecule has 4 rings (SSSR count). The van der Waals surface area contributed by atoms with Gasteiger partial charge in [-0.25, -0.2) is 9.37 Å². The number of rotatable bonds is 1. The van der Waals surface area contributed by atoms with Gasteiger partial charge in [0.05, 0.1) is 17.2 Å². The van der Waals surface area contributed by atoms with Crippen LogP contribution in [0.15, 0.2) is 59.5 Å². The van der Waals surface area contributed by atoms with Crippen molar-refractivity contribution in [2.24, 2.45) is 0 Å². The molecule has 0 fully saturated rings. The van der Waals surface area contributed by atoms with Gasteiger partial charge in [0.2, 0.25) is 0 Å². The van der Waals surface area contributed by atoms with Crippen LogP contribution in [0.1, 0.15) is 0 Å². The summed E-state index contributed by atoms with van der Waals surface area (Å²) in [7, 11) is 0. The second kappa shape index (κ2) is 4.63.